The topological polar surface area (TPSA) is 55.4 Å². The number of carbonyl (C=O) groups is 2. The first-order valence-electron chi connectivity index (χ1n) is 6.14. The van der Waals surface area contributed by atoms with E-state index in [4.69, 9.17) is 0 Å². The molecule has 0 fully saturated rings. The van der Waals surface area contributed by atoms with Crippen molar-refractivity contribution in [3.05, 3.63) is 34.6 Å². The molecular formula is C13H12F5NO3. The molecule has 0 bridgehead atoms. The van der Waals surface area contributed by atoms with Gasteiger partial charge in [0.1, 0.15) is 6.04 Å². The molecule has 1 aromatic carbocycles. The van der Waals surface area contributed by atoms with Gasteiger partial charge in [0.15, 0.2) is 23.3 Å². The molecule has 0 radical (unpaired) electrons. The summed E-state index contributed by atoms with van der Waals surface area (Å²) in [5, 5.41) is 2.04. The van der Waals surface area contributed by atoms with Crippen molar-refractivity contribution in [2.45, 2.75) is 26.3 Å². The van der Waals surface area contributed by atoms with Crippen LogP contribution in [0.25, 0.3) is 0 Å². The summed E-state index contributed by atoms with van der Waals surface area (Å²) in [6.07, 6.45) is -0.940. The second-order valence-electron chi connectivity index (χ2n) is 4.26. The Morgan fingerprint density at radius 1 is 1.00 bits per heavy atom. The van der Waals surface area contributed by atoms with Crippen LogP contribution in [0.1, 0.15) is 19.4 Å². The van der Waals surface area contributed by atoms with Gasteiger partial charge in [-0.05, 0) is 6.92 Å². The summed E-state index contributed by atoms with van der Waals surface area (Å²) in [5.41, 5.74) is -1.21. The largest absolute Gasteiger partial charge is 0.464 e. The zero-order valence-electron chi connectivity index (χ0n) is 11.6. The molecule has 0 saturated heterocycles. The van der Waals surface area contributed by atoms with E-state index in [1.165, 1.54) is 6.92 Å². The van der Waals surface area contributed by atoms with Crippen molar-refractivity contribution < 1.29 is 36.3 Å². The molecule has 0 unspecified atom stereocenters. The number of carbonyl (C=O) groups excluding carboxylic acids is 2. The van der Waals surface area contributed by atoms with E-state index in [0.717, 1.165) is 6.92 Å². The van der Waals surface area contributed by atoms with E-state index in [1.54, 1.807) is 0 Å². The molecule has 1 amide bonds. The number of benzene rings is 1. The van der Waals surface area contributed by atoms with Crippen LogP contribution in [0.2, 0.25) is 0 Å². The maximum atomic E-state index is 13.6. The number of hydrogen-bond donors (Lipinski definition) is 1. The number of ether oxygens (including phenoxy) is 1. The van der Waals surface area contributed by atoms with Crippen LogP contribution in [0.5, 0.6) is 0 Å². The Morgan fingerprint density at radius 2 is 1.45 bits per heavy atom. The van der Waals surface area contributed by atoms with Crippen molar-refractivity contribution in [2.24, 2.45) is 0 Å². The van der Waals surface area contributed by atoms with Gasteiger partial charge < -0.3 is 10.1 Å². The third-order valence-electron chi connectivity index (χ3n) is 2.66. The zero-order chi connectivity index (χ0) is 17.0. The molecule has 0 aliphatic heterocycles. The molecule has 0 aliphatic carbocycles. The lowest BCUT2D eigenvalue weighted by Crippen LogP contribution is -2.42. The van der Waals surface area contributed by atoms with Gasteiger partial charge in [-0.1, -0.05) is 0 Å². The van der Waals surface area contributed by atoms with Crippen molar-refractivity contribution >= 4 is 11.9 Å². The summed E-state index contributed by atoms with van der Waals surface area (Å²) in [6.45, 7) is 2.37. The lowest BCUT2D eigenvalue weighted by Gasteiger charge is -2.17. The number of rotatable bonds is 5. The van der Waals surface area contributed by atoms with E-state index in [-0.39, 0.29) is 6.61 Å². The molecule has 0 spiro atoms. The molecule has 122 valence electrons. The van der Waals surface area contributed by atoms with Crippen molar-refractivity contribution in [1.29, 1.82) is 0 Å². The number of amides is 1. The van der Waals surface area contributed by atoms with E-state index in [1.807, 2.05) is 5.32 Å². The normalized spacial score (nSPS) is 12.0. The fraction of sp³-hybridized carbons (Fsp3) is 0.385. The SMILES string of the molecule is CCOC(=O)[C@H](Cc1c(F)c(F)c(F)c(F)c1F)NC(C)=O. The third kappa shape index (κ3) is 3.71. The van der Waals surface area contributed by atoms with E-state index >= 15 is 0 Å². The predicted octanol–water partition coefficient (Wildman–Crippen LogP) is 1.99. The molecule has 4 nitrogen and oxygen atoms in total. The van der Waals surface area contributed by atoms with Gasteiger partial charge in [-0.15, -0.1) is 0 Å². The Bertz CT molecular complexity index is 577. The molecule has 1 atom stereocenters. The lowest BCUT2D eigenvalue weighted by molar-refractivity contribution is -0.147. The Labute approximate surface area is 122 Å². The summed E-state index contributed by atoms with van der Waals surface area (Å²) >= 11 is 0. The molecule has 1 N–H and O–H groups in total. The average Bonchev–Trinajstić information content (AvgIpc) is 2.46. The Balaban J connectivity index is 3.23. The maximum Gasteiger partial charge on any atom is 0.328 e. The van der Waals surface area contributed by atoms with Crippen molar-refractivity contribution in [3.63, 3.8) is 0 Å². The average molecular weight is 325 g/mol. The first kappa shape index (κ1) is 17.9. The fourth-order valence-electron chi connectivity index (χ4n) is 1.72. The Morgan fingerprint density at radius 3 is 1.86 bits per heavy atom. The Hall–Kier alpha value is -2.19. The monoisotopic (exact) mass is 325 g/mol. The molecule has 22 heavy (non-hydrogen) atoms. The van der Waals surface area contributed by atoms with E-state index < -0.39 is 59.0 Å². The fourth-order valence-corrected chi connectivity index (χ4v) is 1.72. The molecule has 0 saturated carbocycles. The van der Waals surface area contributed by atoms with Crippen molar-refractivity contribution in [3.8, 4) is 0 Å². The summed E-state index contributed by atoms with van der Waals surface area (Å²) in [4.78, 5) is 22.6. The maximum absolute atomic E-state index is 13.6. The van der Waals surface area contributed by atoms with Crippen molar-refractivity contribution in [1.82, 2.24) is 5.32 Å². The highest BCUT2D eigenvalue weighted by Crippen LogP contribution is 2.24. The minimum atomic E-state index is -2.30. The van der Waals surface area contributed by atoms with Gasteiger partial charge in [-0.2, -0.15) is 0 Å². The van der Waals surface area contributed by atoms with Gasteiger partial charge in [-0.3, -0.25) is 4.79 Å². The summed E-state index contributed by atoms with van der Waals surface area (Å²) < 4.78 is 70.8. The van der Waals surface area contributed by atoms with Gasteiger partial charge in [0, 0.05) is 18.9 Å². The van der Waals surface area contributed by atoms with Crippen LogP contribution >= 0.6 is 0 Å². The van der Waals surface area contributed by atoms with E-state index in [9.17, 15) is 31.5 Å². The van der Waals surface area contributed by atoms with Gasteiger partial charge in [-0.25, -0.2) is 26.7 Å². The van der Waals surface area contributed by atoms with Crippen LogP contribution in [-0.2, 0) is 20.7 Å². The smallest absolute Gasteiger partial charge is 0.328 e. The standard InChI is InChI=1S/C13H12F5NO3/c1-3-22-13(21)7(19-5(2)20)4-6-8(14)10(16)12(18)11(17)9(6)15/h7H,3-4H2,1-2H3,(H,19,20)/t7-/m0/s1. The summed E-state index contributed by atoms with van der Waals surface area (Å²) in [7, 11) is 0. The summed E-state index contributed by atoms with van der Waals surface area (Å²) in [6, 6.07) is -1.58. The molecule has 9 heteroatoms. The molecule has 0 aliphatic rings. The summed E-state index contributed by atoms with van der Waals surface area (Å²) in [5.74, 6) is -12.5. The van der Waals surface area contributed by atoms with Crippen LogP contribution in [0.3, 0.4) is 0 Å². The molecule has 1 aromatic rings. The number of halogens is 5. The van der Waals surface area contributed by atoms with Gasteiger partial charge in [0.05, 0.1) is 6.61 Å². The van der Waals surface area contributed by atoms with Gasteiger partial charge in [0.2, 0.25) is 11.7 Å². The van der Waals surface area contributed by atoms with E-state index in [2.05, 4.69) is 4.74 Å². The highest BCUT2D eigenvalue weighted by molar-refractivity contribution is 5.83. The number of hydrogen-bond acceptors (Lipinski definition) is 3. The number of nitrogens with one attached hydrogen (secondary N) is 1. The van der Waals surface area contributed by atoms with Crippen LogP contribution in [-0.4, -0.2) is 24.5 Å². The second kappa shape index (κ2) is 7.19. The van der Waals surface area contributed by atoms with Crippen molar-refractivity contribution in [2.75, 3.05) is 6.61 Å². The van der Waals surface area contributed by atoms with Crippen LogP contribution in [0.4, 0.5) is 22.0 Å². The number of esters is 1. The van der Waals surface area contributed by atoms with E-state index in [0.29, 0.717) is 0 Å². The van der Waals surface area contributed by atoms with Gasteiger partial charge >= 0.3 is 5.97 Å². The Kier molecular flexibility index (Phi) is 5.84. The highest BCUT2D eigenvalue weighted by Gasteiger charge is 2.30. The van der Waals surface area contributed by atoms with Gasteiger partial charge in [0.25, 0.3) is 0 Å². The molecule has 0 aromatic heterocycles. The quantitative estimate of drug-likeness (QED) is 0.390. The first-order valence-corrected chi connectivity index (χ1v) is 6.14. The zero-order valence-corrected chi connectivity index (χ0v) is 11.6. The highest BCUT2D eigenvalue weighted by atomic mass is 19.2. The second-order valence-corrected chi connectivity index (χ2v) is 4.26. The van der Waals surface area contributed by atoms with Crippen LogP contribution in [0.15, 0.2) is 0 Å². The first-order chi connectivity index (χ1) is 10.2. The minimum absolute atomic E-state index is 0.0912. The molecule has 0 heterocycles. The van der Waals surface area contributed by atoms with Crippen LogP contribution in [0, 0.1) is 29.1 Å². The predicted molar refractivity (Wildman–Crippen MR) is 64.2 cm³/mol. The molecule has 1 rings (SSSR count). The minimum Gasteiger partial charge on any atom is -0.464 e. The van der Waals surface area contributed by atoms with Crippen LogP contribution < -0.4 is 5.32 Å². The molecular weight excluding hydrogens is 313 g/mol. The third-order valence-corrected chi connectivity index (χ3v) is 2.66. The lowest BCUT2D eigenvalue weighted by atomic mass is 10.0.